The van der Waals surface area contributed by atoms with Gasteiger partial charge in [-0.1, -0.05) is 192 Å². The first-order valence-corrected chi connectivity index (χ1v) is 20.5. The van der Waals surface area contributed by atoms with Gasteiger partial charge in [-0.25, -0.2) is 0 Å². The van der Waals surface area contributed by atoms with Crippen LogP contribution in [0.15, 0.2) is 194 Å². The minimum Gasteiger partial charge on any atom is -0.310 e. The molecule has 0 aromatic heterocycles. The van der Waals surface area contributed by atoms with Gasteiger partial charge < -0.3 is 4.90 Å². The van der Waals surface area contributed by atoms with Gasteiger partial charge >= 0.3 is 0 Å². The monoisotopic (exact) mass is 745 g/mol. The molecular formula is C57H47N. The predicted octanol–water partition coefficient (Wildman–Crippen LogP) is 16.1. The molecule has 0 spiro atoms. The second kappa shape index (κ2) is 13.7. The fraction of sp³-hybridized carbons (Fsp3) is 0.123. The highest BCUT2D eigenvalue weighted by Crippen LogP contribution is 2.54. The standard InChI is InChI=1S/C57H47N/c1-56(2,3)44-31-34-51-53(37-44)57(4,5)52-25-14-24-50(55(51)52)49-22-10-11-26-54(49)58(45-32-29-39(30-33-45)42-28-27-38-15-6-7-17-41(38)35-42)46-20-12-19-43(36-46)48-23-13-18-40-16-8-9-21-47(40)48/h6-37H,1-5H3. The van der Waals surface area contributed by atoms with E-state index in [1.807, 2.05) is 0 Å². The van der Waals surface area contributed by atoms with Gasteiger partial charge in [0.1, 0.15) is 0 Å². The molecule has 9 aromatic carbocycles. The first-order valence-electron chi connectivity index (χ1n) is 20.5. The lowest BCUT2D eigenvalue weighted by Crippen LogP contribution is -2.17. The third-order valence-corrected chi connectivity index (χ3v) is 12.4. The van der Waals surface area contributed by atoms with Gasteiger partial charge in [-0.15, -0.1) is 0 Å². The molecular weight excluding hydrogens is 699 g/mol. The number of anilines is 3. The van der Waals surface area contributed by atoms with Gasteiger partial charge in [0.2, 0.25) is 0 Å². The van der Waals surface area contributed by atoms with Crippen molar-refractivity contribution in [3.8, 4) is 44.5 Å². The average molecular weight is 746 g/mol. The number of para-hydroxylation sites is 1. The molecule has 280 valence electrons. The Labute approximate surface area is 342 Å². The summed E-state index contributed by atoms with van der Waals surface area (Å²) >= 11 is 0. The number of rotatable bonds is 6. The normalized spacial score (nSPS) is 13.1. The molecule has 1 nitrogen and oxygen atoms in total. The molecule has 0 atom stereocenters. The molecule has 0 saturated carbocycles. The van der Waals surface area contributed by atoms with E-state index in [0.29, 0.717) is 0 Å². The molecule has 1 aliphatic carbocycles. The predicted molar refractivity (Wildman–Crippen MR) is 249 cm³/mol. The van der Waals surface area contributed by atoms with Gasteiger partial charge in [-0.2, -0.15) is 0 Å². The molecule has 0 N–H and O–H groups in total. The van der Waals surface area contributed by atoms with Crippen LogP contribution in [0.2, 0.25) is 0 Å². The Bertz CT molecular complexity index is 3010. The molecule has 1 heteroatoms. The van der Waals surface area contributed by atoms with Crippen molar-refractivity contribution in [2.75, 3.05) is 4.90 Å². The van der Waals surface area contributed by atoms with Gasteiger partial charge in [-0.3, -0.25) is 0 Å². The highest BCUT2D eigenvalue weighted by molar-refractivity contribution is 6.00. The van der Waals surface area contributed by atoms with Crippen LogP contribution in [-0.4, -0.2) is 0 Å². The summed E-state index contributed by atoms with van der Waals surface area (Å²) in [6.45, 7) is 11.7. The van der Waals surface area contributed by atoms with E-state index < -0.39 is 0 Å². The van der Waals surface area contributed by atoms with E-state index in [9.17, 15) is 0 Å². The Balaban J connectivity index is 1.16. The van der Waals surface area contributed by atoms with Gasteiger partial charge in [0, 0.05) is 22.4 Å². The molecule has 0 fully saturated rings. The van der Waals surface area contributed by atoms with Crippen molar-refractivity contribution >= 4 is 38.6 Å². The van der Waals surface area contributed by atoms with E-state index >= 15 is 0 Å². The summed E-state index contributed by atoms with van der Waals surface area (Å²) in [6, 6.07) is 71.9. The summed E-state index contributed by atoms with van der Waals surface area (Å²) in [5.74, 6) is 0. The molecule has 10 rings (SSSR count). The Morgan fingerprint density at radius 2 is 1.05 bits per heavy atom. The van der Waals surface area contributed by atoms with Crippen LogP contribution in [0, 0.1) is 0 Å². The highest BCUT2D eigenvalue weighted by Gasteiger charge is 2.38. The summed E-state index contributed by atoms with van der Waals surface area (Å²) in [5, 5.41) is 5.00. The highest BCUT2D eigenvalue weighted by atomic mass is 15.1. The summed E-state index contributed by atoms with van der Waals surface area (Å²) in [7, 11) is 0. The average Bonchev–Trinajstić information content (AvgIpc) is 3.49. The summed E-state index contributed by atoms with van der Waals surface area (Å²) in [6.07, 6.45) is 0. The minimum absolute atomic E-state index is 0.0697. The largest absolute Gasteiger partial charge is 0.310 e. The summed E-state index contributed by atoms with van der Waals surface area (Å²) in [4.78, 5) is 2.46. The maximum Gasteiger partial charge on any atom is 0.0540 e. The maximum atomic E-state index is 2.47. The third kappa shape index (κ3) is 6.01. The minimum atomic E-state index is -0.123. The van der Waals surface area contributed by atoms with E-state index in [1.54, 1.807) is 0 Å². The van der Waals surface area contributed by atoms with Crippen molar-refractivity contribution in [2.24, 2.45) is 0 Å². The lowest BCUT2D eigenvalue weighted by Gasteiger charge is -2.29. The van der Waals surface area contributed by atoms with Gasteiger partial charge in [-0.05, 0) is 119 Å². The molecule has 0 aliphatic heterocycles. The Morgan fingerprint density at radius 3 is 1.88 bits per heavy atom. The zero-order valence-electron chi connectivity index (χ0n) is 33.9. The summed E-state index contributed by atoms with van der Waals surface area (Å²) < 4.78 is 0. The molecule has 0 bridgehead atoms. The molecule has 0 amide bonds. The number of hydrogen-bond donors (Lipinski definition) is 0. The summed E-state index contributed by atoms with van der Waals surface area (Å²) in [5.41, 5.74) is 17.4. The zero-order valence-corrected chi connectivity index (χ0v) is 33.9. The first-order chi connectivity index (χ1) is 28.1. The van der Waals surface area contributed by atoms with Crippen molar-refractivity contribution in [3.63, 3.8) is 0 Å². The fourth-order valence-electron chi connectivity index (χ4n) is 9.26. The number of nitrogens with zero attached hydrogens (tertiary/aromatic N) is 1. The van der Waals surface area contributed by atoms with Gasteiger partial charge in [0.25, 0.3) is 0 Å². The Morgan fingerprint density at radius 1 is 0.397 bits per heavy atom. The van der Waals surface area contributed by atoms with E-state index in [4.69, 9.17) is 0 Å². The maximum absolute atomic E-state index is 2.47. The van der Waals surface area contributed by atoms with Crippen LogP contribution in [0.5, 0.6) is 0 Å². The first kappa shape index (κ1) is 35.7. The molecule has 1 aliphatic rings. The second-order valence-electron chi connectivity index (χ2n) is 17.4. The van der Waals surface area contributed by atoms with Crippen LogP contribution in [-0.2, 0) is 10.8 Å². The Kier molecular flexibility index (Phi) is 8.46. The molecule has 0 unspecified atom stereocenters. The number of fused-ring (bicyclic) bond motifs is 5. The van der Waals surface area contributed by atoms with E-state index in [0.717, 1.165) is 17.1 Å². The van der Waals surface area contributed by atoms with Crippen LogP contribution < -0.4 is 4.90 Å². The van der Waals surface area contributed by atoms with Crippen molar-refractivity contribution in [2.45, 2.75) is 45.4 Å². The quantitative estimate of drug-likeness (QED) is 0.164. The third-order valence-electron chi connectivity index (χ3n) is 12.4. The lowest BCUT2D eigenvalue weighted by molar-refractivity contribution is 0.584. The van der Waals surface area contributed by atoms with Gasteiger partial charge in [0.05, 0.1) is 5.69 Å². The second-order valence-corrected chi connectivity index (χ2v) is 17.4. The molecule has 9 aromatic rings. The fourth-order valence-corrected chi connectivity index (χ4v) is 9.26. The Hall–Kier alpha value is -6.70. The molecule has 58 heavy (non-hydrogen) atoms. The van der Waals surface area contributed by atoms with Crippen LogP contribution in [0.3, 0.4) is 0 Å². The topological polar surface area (TPSA) is 3.24 Å². The van der Waals surface area contributed by atoms with Crippen molar-refractivity contribution in [3.05, 3.63) is 211 Å². The van der Waals surface area contributed by atoms with E-state index in [1.165, 1.54) is 82.7 Å². The van der Waals surface area contributed by atoms with E-state index in [2.05, 4.69) is 234 Å². The molecule has 0 radical (unpaired) electrons. The lowest BCUT2D eigenvalue weighted by atomic mass is 9.79. The van der Waals surface area contributed by atoms with Crippen molar-refractivity contribution in [1.82, 2.24) is 0 Å². The smallest absolute Gasteiger partial charge is 0.0540 e. The molecule has 0 saturated heterocycles. The van der Waals surface area contributed by atoms with Crippen LogP contribution in [0.4, 0.5) is 17.1 Å². The van der Waals surface area contributed by atoms with Crippen LogP contribution in [0.25, 0.3) is 66.1 Å². The molecule has 0 heterocycles. The zero-order chi connectivity index (χ0) is 39.6. The SMILES string of the molecule is CC(C)(C)c1ccc2c(c1)C(C)(C)c1cccc(-c3ccccc3N(c3ccc(-c4ccc5ccccc5c4)cc3)c3cccc(-c4cccc5ccccc45)c3)c1-2. The van der Waals surface area contributed by atoms with Crippen LogP contribution in [0.1, 0.15) is 51.3 Å². The van der Waals surface area contributed by atoms with E-state index in [-0.39, 0.29) is 10.8 Å². The number of hydrogen-bond acceptors (Lipinski definition) is 1. The number of benzene rings is 9. The van der Waals surface area contributed by atoms with Crippen LogP contribution >= 0.6 is 0 Å². The van der Waals surface area contributed by atoms with Crippen molar-refractivity contribution < 1.29 is 0 Å². The van der Waals surface area contributed by atoms with Crippen molar-refractivity contribution in [1.29, 1.82) is 0 Å². The van der Waals surface area contributed by atoms with Gasteiger partial charge in [0.15, 0.2) is 0 Å².